The second kappa shape index (κ2) is 11.8. The van der Waals surface area contributed by atoms with Crippen molar-refractivity contribution in [2.75, 3.05) is 19.6 Å². The molecule has 1 aliphatic heterocycles. The maximum atomic E-state index is 14.4. The number of hydrogen-bond donors (Lipinski definition) is 4. The molecule has 5 N–H and O–H groups in total. The molecule has 176 valence electrons. The summed E-state index contributed by atoms with van der Waals surface area (Å²) in [5.74, 6) is 0.681. The molecule has 0 bridgehead atoms. The highest BCUT2D eigenvalue weighted by atomic mass is 35.5. The second-order valence-electron chi connectivity index (χ2n) is 8.22. The lowest BCUT2D eigenvalue weighted by Gasteiger charge is -2.35. The van der Waals surface area contributed by atoms with Crippen LogP contribution in [0.1, 0.15) is 28.8 Å². The first-order valence-electron chi connectivity index (χ1n) is 10.5. The van der Waals surface area contributed by atoms with E-state index in [0.717, 1.165) is 25.1 Å². The highest BCUT2D eigenvalue weighted by molar-refractivity contribution is 5.95. The fourth-order valence-electron chi connectivity index (χ4n) is 4.47. The summed E-state index contributed by atoms with van der Waals surface area (Å²) in [5, 5.41) is 16.6. The number of fused-ring (bicyclic) bond motifs is 1. The Balaban J connectivity index is 0.00000181. The van der Waals surface area contributed by atoms with Crippen LogP contribution in [-0.4, -0.2) is 42.8 Å². The fourth-order valence-corrected chi connectivity index (χ4v) is 4.47. The van der Waals surface area contributed by atoms with Gasteiger partial charge in [-0.3, -0.25) is 4.79 Å². The molecule has 1 heterocycles. The number of nitrogens with one attached hydrogen (secondary N) is 2. The number of nitrogens with two attached hydrogens (primary N) is 1. The van der Waals surface area contributed by atoms with E-state index in [1.54, 1.807) is 0 Å². The van der Waals surface area contributed by atoms with Crippen molar-refractivity contribution in [2.45, 2.75) is 31.4 Å². The zero-order valence-corrected chi connectivity index (χ0v) is 19.3. The molecule has 2 aromatic carbocycles. The summed E-state index contributed by atoms with van der Waals surface area (Å²) in [7, 11) is 0. The van der Waals surface area contributed by atoms with Crippen molar-refractivity contribution in [3.8, 4) is 11.5 Å². The van der Waals surface area contributed by atoms with E-state index in [4.69, 9.17) is 10.5 Å². The monoisotopic (exact) mass is 485 g/mol. The Kier molecular flexibility index (Phi) is 9.73. The van der Waals surface area contributed by atoms with Crippen molar-refractivity contribution in [1.29, 1.82) is 0 Å². The van der Waals surface area contributed by atoms with E-state index >= 15 is 0 Å². The van der Waals surface area contributed by atoms with E-state index in [9.17, 15) is 14.3 Å². The number of ether oxygens (including phenoxy) is 1. The summed E-state index contributed by atoms with van der Waals surface area (Å²) in [5.41, 5.74) is 6.57. The molecule has 1 saturated carbocycles. The normalized spacial score (nSPS) is 24.0. The largest absolute Gasteiger partial charge is 0.457 e. The molecule has 32 heavy (non-hydrogen) atoms. The van der Waals surface area contributed by atoms with Crippen molar-refractivity contribution >= 4 is 30.7 Å². The van der Waals surface area contributed by atoms with Crippen LogP contribution >= 0.6 is 24.8 Å². The third-order valence-electron chi connectivity index (χ3n) is 6.14. The number of aliphatic hydroxyl groups is 1. The van der Waals surface area contributed by atoms with E-state index in [2.05, 4.69) is 10.6 Å². The molecule has 1 saturated heterocycles. The molecule has 1 amide bonds. The Morgan fingerprint density at radius 2 is 1.75 bits per heavy atom. The van der Waals surface area contributed by atoms with E-state index in [1.807, 2.05) is 24.3 Å². The van der Waals surface area contributed by atoms with Gasteiger partial charge < -0.3 is 26.2 Å². The number of hydrogen-bond acceptors (Lipinski definition) is 5. The summed E-state index contributed by atoms with van der Waals surface area (Å²) in [6, 6.07) is 11.2. The Morgan fingerprint density at radius 1 is 1.09 bits per heavy atom. The van der Waals surface area contributed by atoms with Gasteiger partial charge in [0.1, 0.15) is 17.3 Å². The van der Waals surface area contributed by atoms with Gasteiger partial charge in [0.25, 0.3) is 5.91 Å². The van der Waals surface area contributed by atoms with Crippen LogP contribution in [0.2, 0.25) is 0 Å². The molecule has 2 fully saturated rings. The van der Waals surface area contributed by atoms with Gasteiger partial charge >= 0.3 is 0 Å². The third-order valence-corrected chi connectivity index (χ3v) is 6.14. The van der Waals surface area contributed by atoms with Gasteiger partial charge in [-0.2, -0.15) is 0 Å². The van der Waals surface area contributed by atoms with Gasteiger partial charge in [-0.25, -0.2) is 4.39 Å². The van der Waals surface area contributed by atoms with E-state index < -0.39 is 17.8 Å². The van der Waals surface area contributed by atoms with Gasteiger partial charge in [-0.15, -0.1) is 24.8 Å². The Bertz CT molecular complexity index is 901. The summed E-state index contributed by atoms with van der Waals surface area (Å²) in [6.07, 6.45) is 1.50. The van der Waals surface area contributed by atoms with Crippen LogP contribution in [0.3, 0.4) is 0 Å². The predicted molar refractivity (Wildman–Crippen MR) is 127 cm³/mol. The molecule has 0 radical (unpaired) electrons. The lowest BCUT2D eigenvalue weighted by Crippen LogP contribution is -2.49. The number of amides is 1. The molecule has 1 aliphatic carbocycles. The molecule has 2 aliphatic rings. The molecular weight excluding hydrogens is 456 g/mol. The zero-order chi connectivity index (χ0) is 21.1. The lowest BCUT2D eigenvalue weighted by atomic mass is 9.77. The highest BCUT2D eigenvalue weighted by Gasteiger charge is 2.39. The number of benzene rings is 2. The van der Waals surface area contributed by atoms with Gasteiger partial charge in [0.2, 0.25) is 0 Å². The standard InChI is InChI=1S/C23H28FN3O3.2ClH/c24-20-6-5-18(30-17-3-1-14(2-4-17)7-8-25)11-19(20)23(29)27-21-9-15-12-26-13-16(15)10-22(21)28;;/h1-6,11,15-16,21-22,26,28H,7-10,12-13,25H2,(H,27,29);2*1H/t15-,16+,21-,22-;;/m0../s1. The van der Waals surface area contributed by atoms with Crippen LogP contribution in [0.15, 0.2) is 42.5 Å². The van der Waals surface area contributed by atoms with Crippen molar-refractivity contribution in [1.82, 2.24) is 10.6 Å². The summed E-state index contributed by atoms with van der Waals surface area (Å²) >= 11 is 0. The number of halogens is 3. The third kappa shape index (κ3) is 6.11. The topological polar surface area (TPSA) is 96.6 Å². The van der Waals surface area contributed by atoms with E-state index in [1.165, 1.54) is 18.2 Å². The van der Waals surface area contributed by atoms with Gasteiger partial charge in [-0.05, 0) is 86.6 Å². The summed E-state index contributed by atoms with van der Waals surface area (Å²) < 4.78 is 20.2. The SMILES string of the molecule is Cl.Cl.NCCc1ccc(Oc2ccc(F)c(C(=O)N[C@H]3C[C@H]4CNC[C@H]4C[C@@H]3O)c2)cc1. The van der Waals surface area contributed by atoms with Gasteiger partial charge in [0, 0.05) is 0 Å². The van der Waals surface area contributed by atoms with Crippen LogP contribution in [0.4, 0.5) is 4.39 Å². The average molecular weight is 486 g/mol. The van der Waals surface area contributed by atoms with Crippen LogP contribution in [0, 0.1) is 17.7 Å². The number of carbonyl (C=O) groups is 1. The number of rotatable bonds is 6. The minimum absolute atomic E-state index is 0. The Morgan fingerprint density at radius 3 is 2.44 bits per heavy atom. The molecule has 0 spiro atoms. The lowest BCUT2D eigenvalue weighted by molar-refractivity contribution is 0.0460. The van der Waals surface area contributed by atoms with Gasteiger partial charge in [0.15, 0.2) is 0 Å². The van der Waals surface area contributed by atoms with Crippen molar-refractivity contribution in [3.63, 3.8) is 0 Å². The second-order valence-corrected chi connectivity index (χ2v) is 8.22. The molecule has 9 heteroatoms. The number of carbonyl (C=O) groups excluding carboxylic acids is 1. The van der Waals surface area contributed by atoms with E-state index in [-0.39, 0.29) is 36.4 Å². The first-order chi connectivity index (χ1) is 14.5. The maximum Gasteiger partial charge on any atom is 0.254 e. The van der Waals surface area contributed by atoms with Gasteiger partial charge in [-0.1, -0.05) is 12.1 Å². The molecule has 4 atom stereocenters. The van der Waals surface area contributed by atoms with Crippen molar-refractivity contribution < 1.29 is 19.0 Å². The predicted octanol–water partition coefficient (Wildman–Crippen LogP) is 3.05. The molecule has 0 aromatic heterocycles. The quantitative estimate of drug-likeness (QED) is 0.504. The summed E-state index contributed by atoms with van der Waals surface area (Å²) in [6.45, 7) is 2.37. The van der Waals surface area contributed by atoms with Crippen molar-refractivity contribution in [2.24, 2.45) is 17.6 Å². The molecular formula is C23H30Cl2FN3O3. The average Bonchev–Trinajstić information content (AvgIpc) is 3.18. The maximum absolute atomic E-state index is 14.4. The molecule has 4 rings (SSSR count). The highest BCUT2D eigenvalue weighted by Crippen LogP contribution is 2.33. The van der Waals surface area contributed by atoms with Crippen LogP contribution in [0.5, 0.6) is 11.5 Å². The first kappa shape index (κ1) is 26.4. The molecule has 6 nitrogen and oxygen atoms in total. The Hall–Kier alpha value is -1.90. The summed E-state index contributed by atoms with van der Waals surface area (Å²) in [4.78, 5) is 12.7. The van der Waals surface area contributed by atoms with E-state index in [0.29, 0.717) is 42.7 Å². The molecule has 0 unspecified atom stereocenters. The van der Waals surface area contributed by atoms with Gasteiger partial charge in [0.05, 0.1) is 17.7 Å². The first-order valence-corrected chi connectivity index (χ1v) is 10.5. The fraction of sp³-hybridized carbons (Fsp3) is 0.435. The van der Waals surface area contributed by atoms with Crippen LogP contribution in [-0.2, 0) is 6.42 Å². The van der Waals surface area contributed by atoms with Crippen LogP contribution in [0.25, 0.3) is 0 Å². The minimum atomic E-state index is -0.621. The van der Waals surface area contributed by atoms with Crippen LogP contribution < -0.4 is 21.1 Å². The smallest absolute Gasteiger partial charge is 0.254 e. The zero-order valence-electron chi connectivity index (χ0n) is 17.6. The Labute approximate surface area is 199 Å². The van der Waals surface area contributed by atoms with Crippen molar-refractivity contribution in [3.05, 3.63) is 59.4 Å². The molecule has 2 aromatic rings. The number of aliphatic hydroxyl groups excluding tert-OH is 1. The minimum Gasteiger partial charge on any atom is -0.457 e.